The number of methoxy groups -OCH3 is 1. The Balaban J connectivity index is 1.43. The highest BCUT2D eigenvalue weighted by atomic mass is 19.4. The number of pyridine rings is 1. The zero-order chi connectivity index (χ0) is 39.7. The molecule has 6 rings (SSSR count). The molecule has 2 heterocycles. The second-order valence-electron chi connectivity index (χ2n) is 13.2. The third-order valence-corrected chi connectivity index (χ3v) is 9.78. The van der Waals surface area contributed by atoms with Gasteiger partial charge in [-0.3, -0.25) is 4.90 Å². The molecule has 1 saturated heterocycles. The molecule has 2 aliphatic rings. The maximum absolute atomic E-state index is 15.6. The van der Waals surface area contributed by atoms with E-state index >= 15 is 4.39 Å². The van der Waals surface area contributed by atoms with Gasteiger partial charge in [-0.1, -0.05) is 19.1 Å². The topological polar surface area (TPSA) is 89.0 Å². The van der Waals surface area contributed by atoms with E-state index in [1.54, 1.807) is 0 Å². The first kappa shape index (κ1) is 38.4. The summed E-state index contributed by atoms with van der Waals surface area (Å²) in [5.41, 5.74) is -6.11. The van der Waals surface area contributed by atoms with Gasteiger partial charge in [0, 0.05) is 28.7 Å². The number of alkyl halides is 9. The Morgan fingerprint density at radius 3 is 2.02 bits per heavy atom. The number of rotatable bonds is 8. The van der Waals surface area contributed by atoms with Crippen LogP contribution in [0.5, 0.6) is 5.75 Å². The van der Waals surface area contributed by atoms with Crippen molar-refractivity contribution in [3.8, 4) is 28.0 Å². The molecule has 7 nitrogen and oxygen atoms in total. The molecule has 286 valence electrons. The van der Waals surface area contributed by atoms with Crippen molar-refractivity contribution in [3.63, 3.8) is 0 Å². The van der Waals surface area contributed by atoms with Crippen LogP contribution in [-0.2, 0) is 29.8 Å². The molecule has 1 aromatic heterocycles. The lowest BCUT2D eigenvalue weighted by Gasteiger charge is -2.29. The molecule has 1 N–H and O–H groups in total. The number of cyclic esters (lactones) is 1. The summed E-state index contributed by atoms with van der Waals surface area (Å²) in [7, 11) is 1.18. The van der Waals surface area contributed by atoms with E-state index in [9.17, 15) is 54.2 Å². The second-order valence-corrected chi connectivity index (χ2v) is 13.2. The van der Waals surface area contributed by atoms with Crippen molar-refractivity contribution in [2.75, 3.05) is 7.11 Å². The summed E-state index contributed by atoms with van der Waals surface area (Å²) in [5.74, 6) is -3.41. The van der Waals surface area contributed by atoms with E-state index in [1.807, 2.05) is 0 Å². The monoisotopic (exact) mass is 770 g/mol. The summed E-state index contributed by atoms with van der Waals surface area (Å²) in [6.07, 6.45) is -17.3. The summed E-state index contributed by atoms with van der Waals surface area (Å²) < 4.78 is 151. The van der Waals surface area contributed by atoms with Gasteiger partial charge in [0.2, 0.25) is 0 Å². The molecule has 54 heavy (non-hydrogen) atoms. The van der Waals surface area contributed by atoms with E-state index in [4.69, 9.17) is 9.47 Å². The molecule has 2 fully saturated rings. The lowest BCUT2D eigenvalue weighted by molar-refractivity contribution is -0.143. The Kier molecular flexibility index (Phi) is 9.38. The number of carboxylic acids is 1. The molecule has 1 amide bonds. The van der Waals surface area contributed by atoms with Crippen LogP contribution in [0.1, 0.15) is 69.7 Å². The van der Waals surface area contributed by atoms with Gasteiger partial charge in [0.05, 0.1) is 41.6 Å². The molecule has 2 atom stereocenters. The first-order valence-electron chi connectivity index (χ1n) is 16.1. The molecule has 17 heteroatoms. The Labute approximate surface area is 300 Å². The number of aryl methyl sites for hydroxylation is 1. The molecular formula is C37H28F10N2O5. The fraction of sp³-hybridized carbons (Fsp3) is 0.324. The van der Waals surface area contributed by atoms with Gasteiger partial charge < -0.3 is 14.6 Å². The fourth-order valence-electron chi connectivity index (χ4n) is 6.92. The number of halogens is 10. The zero-order valence-electron chi connectivity index (χ0n) is 28.3. The standard InChI is InChI=1S/C37H28F10N2O5/c1-17-10-19(32(50)51)4-5-23(17)25-14-26(29(53-3)15-27(25)38)24-6-7-30(37(45,46)47)48-28(24)16-49-33(52)54-31(34(49)8-9-34)18(2)20-11-21(35(39,40)41)13-22(12-20)36(42,43)44/h4-7,10-15,18,31H,8-9,16H2,1-3H3,(H,50,51). The summed E-state index contributed by atoms with van der Waals surface area (Å²) in [6, 6.07) is 8.92. The van der Waals surface area contributed by atoms with Crippen molar-refractivity contribution in [1.82, 2.24) is 9.88 Å². The summed E-state index contributed by atoms with van der Waals surface area (Å²) in [4.78, 5) is 29.8. The van der Waals surface area contributed by atoms with Crippen molar-refractivity contribution in [3.05, 3.63) is 106 Å². The lowest BCUT2D eigenvalue weighted by Crippen LogP contribution is -2.40. The molecule has 0 radical (unpaired) electrons. The lowest BCUT2D eigenvalue weighted by atomic mass is 9.87. The van der Waals surface area contributed by atoms with Crippen LogP contribution >= 0.6 is 0 Å². The third kappa shape index (κ3) is 7.02. The van der Waals surface area contributed by atoms with Crippen LogP contribution in [0.25, 0.3) is 22.3 Å². The molecule has 1 aliphatic heterocycles. The predicted molar refractivity (Wildman–Crippen MR) is 171 cm³/mol. The Bertz CT molecular complexity index is 2130. The highest BCUT2D eigenvalue weighted by Gasteiger charge is 2.64. The molecule has 3 aromatic carbocycles. The van der Waals surface area contributed by atoms with Gasteiger partial charge in [-0.05, 0) is 78.9 Å². The van der Waals surface area contributed by atoms with Gasteiger partial charge in [0.1, 0.15) is 23.4 Å². The summed E-state index contributed by atoms with van der Waals surface area (Å²) >= 11 is 0. The minimum Gasteiger partial charge on any atom is -0.496 e. The average molecular weight is 771 g/mol. The van der Waals surface area contributed by atoms with Crippen LogP contribution in [0.4, 0.5) is 48.7 Å². The van der Waals surface area contributed by atoms with Crippen LogP contribution in [0.15, 0.2) is 60.7 Å². The first-order valence-corrected chi connectivity index (χ1v) is 16.1. The third-order valence-electron chi connectivity index (χ3n) is 9.78. The number of aromatic nitrogens is 1. The Morgan fingerprint density at radius 2 is 1.50 bits per heavy atom. The second kappa shape index (κ2) is 13.2. The quantitative estimate of drug-likeness (QED) is 0.180. The van der Waals surface area contributed by atoms with Crippen LogP contribution in [0.3, 0.4) is 0 Å². The van der Waals surface area contributed by atoms with E-state index in [-0.39, 0.29) is 58.2 Å². The van der Waals surface area contributed by atoms with Crippen molar-refractivity contribution in [2.24, 2.45) is 0 Å². The average Bonchev–Trinajstić information content (AvgIpc) is 3.84. The van der Waals surface area contributed by atoms with Gasteiger partial charge in [-0.15, -0.1) is 0 Å². The molecule has 1 spiro atoms. The molecule has 1 saturated carbocycles. The molecule has 4 aromatic rings. The maximum atomic E-state index is 15.6. The van der Waals surface area contributed by atoms with Crippen molar-refractivity contribution < 1.29 is 68.1 Å². The number of hydrogen-bond acceptors (Lipinski definition) is 5. The van der Waals surface area contributed by atoms with Crippen LogP contribution in [0.2, 0.25) is 0 Å². The van der Waals surface area contributed by atoms with Crippen molar-refractivity contribution >= 4 is 12.1 Å². The number of ether oxygens (including phenoxy) is 2. The minimum atomic E-state index is -5.14. The van der Waals surface area contributed by atoms with Gasteiger partial charge in [-0.25, -0.2) is 19.0 Å². The highest BCUT2D eigenvalue weighted by Crippen LogP contribution is 2.55. The van der Waals surface area contributed by atoms with Crippen molar-refractivity contribution in [2.45, 2.75) is 69.3 Å². The van der Waals surface area contributed by atoms with E-state index in [2.05, 4.69) is 4.98 Å². The molecule has 0 bridgehead atoms. The van der Waals surface area contributed by atoms with E-state index in [0.29, 0.717) is 23.8 Å². The van der Waals surface area contributed by atoms with Crippen LogP contribution in [-0.4, -0.2) is 45.8 Å². The van der Waals surface area contributed by atoms with E-state index in [1.165, 1.54) is 45.2 Å². The smallest absolute Gasteiger partial charge is 0.433 e. The van der Waals surface area contributed by atoms with Gasteiger partial charge in [-0.2, -0.15) is 39.5 Å². The maximum Gasteiger partial charge on any atom is 0.433 e. The number of benzene rings is 3. The molecule has 1 aliphatic carbocycles. The summed E-state index contributed by atoms with van der Waals surface area (Å²) in [5, 5.41) is 9.36. The Hall–Kier alpha value is -5.35. The van der Waals surface area contributed by atoms with E-state index in [0.717, 1.165) is 17.0 Å². The van der Waals surface area contributed by atoms with Crippen molar-refractivity contribution in [1.29, 1.82) is 0 Å². The molecule has 2 unspecified atom stereocenters. The highest BCUT2D eigenvalue weighted by molar-refractivity contribution is 5.89. The minimum absolute atomic E-state index is 0.0293. The number of carbonyl (C=O) groups excluding carboxylic acids is 1. The molecular weight excluding hydrogens is 742 g/mol. The van der Waals surface area contributed by atoms with Gasteiger partial charge in [0.15, 0.2) is 0 Å². The number of amides is 1. The summed E-state index contributed by atoms with van der Waals surface area (Å²) in [6.45, 7) is 2.17. The predicted octanol–water partition coefficient (Wildman–Crippen LogP) is 10.3. The SMILES string of the molecule is COc1cc(F)c(-c2ccc(C(=O)O)cc2C)cc1-c1ccc(C(F)(F)F)nc1CN1C(=O)OC(C(C)c2cc(C(F)(F)F)cc(C(F)(F)F)c2)C12CC2. The Morgan fingerprint density at radius 1 is 0.889 bits per heavy atom. The fourth-order valence-corrected chi connectivity index (χ4v) is 6.92. The zero-order valence-corrected chi connectivity index (χ0v) is 28.3. The van der Waals surface area contributed by atoms with Gasteiger partial charge in [0.25, 0.3) is 0 Å². The van der Waals surface area contributed by atoms with Crippen LogP contribution in [0, 0.1) is 12.7 Å². The number of hydrogen-bond donors (Lipinski definition) is 1. The van der Waals surface area contributed by atoms with E-state index < -0.39 is 82.9 Å². The number of aromatic carboxylic acids is 1. The normalized spacial score (nSPS) is 17.5. The van der Waals surface area contributed by atoms with Crippen LogP contribution < -0.4 is 4.74 Å². The first-order chi connectivity index (χ1) is 25.0. The number of nitrogens with zero attached hydrogens (tertiary/aromatic N) is 2. The number of carboxylic acid groups (broad SMARTS) is 1. The largest absolute Gasteiger partial charge is 0.496 e. The number of carbonyl (C=O) groups is 2. The van der Waals surface area contributed by atoms with Gasteiger partial charge >= 0.3 is 30.6 Å².